The van der Waals surface area contributed by atoms with E-state index in [1.807, 2.05) is 0 Å². The van der Waals surface area contributed by atoms with Gasteiger partial charge in [0.2, 0.25) is 0 Å². The van der Waals surface area contributed by atoms with Gasteiger partial charge in [-0.1, -0.05) is 360 Å². The fourth-order valence-electron chi connectivity index (χ4n) is 7.81. The van der Waals surface area contributed by atoms with Crippen LogP contribution in [0.15, 0.2) is 170 Å². The van der Waals surface area contributed by atoms with Gasteiger partial charge >= 0.3 is 0 Å². The Morgan fingerprint density at radius 3 is 0.464 bits per heavy atom. The third-order valence-electron chi connectivity index (χ3n) is 10.8. The minimum absolute atomic E-state index is 0.500. The summed E-state index contributed by atoms with van der Waals surface area (Å²) in [5.74, 6) is 0. The normalized spacial score (nSPS) is 13.5. The largest absolute Gasteiger partial charge is 0.0795 e. The van der Waals surface area contributed by atoms with Gasteiger partial charge in [-0.2, -0.15) is 0 Å². The van der Waals surface area contributed by atoms with Crippen molar-refractivity contribution in [3.63, 3.8) is 0 Å². The monoisotopic (exact) mass is 1130 g/mol. The zero-order valence-corrected chi connectivity index (χ0v) is 58.5. The zero-order chi connectivity index (χ0) is 63.6. The zero-order valence-electron chi connectivity index (χ0n) is 58.5. The SMILES string of the molecule is C1=Cc2ccccc2C1.C1=Cc2ccccc2C1.C1=Cc2ccccc2C1.C1=Cc2ccccc2C1.CC(C)(C)C.CC(C)(C)C.CC(C)(C)C.CC(C)(C)C.CC(C)(C)C.CC(C)(C)C.c1ccc2c(c1)CCC2.c1ccc2c(c1)CCC2. The number of hydrogen-bond acceptors (Lipinski definition) is 0. The smallest absolute Gasteiger partial charge is 0.00882 e. The molecular formula is C84H124. The molecule has 0 saturated heterocycles. The molecule has 84 heavy (non-hydrogen) atoms. The van der Waals surface area contributed by atoms with Crippen molar-refractivity contribution in [3.05, 3.63) is 237 Å². The fraction of sp³-hybridized carbons (Fsp3) is 0.476. The van der Waals surface area contributed by atoms with Gasteiger partial charge in [-0.25, -0.2) is 0 Å². The summed E-state index contributed by atoms with van der Waals surface area (Å²) in [5, 5.41) is 0. The molecule has 0 aromatic heterocycles. The quantitative estimate of drug-likeness (QED) is 0.142. The van der Waals surface area contributed by atoms with Gasteiger partial charge < -0.3 is 0 Å². The number of rotatable bonds is 0. The Morgan fingerprint density at radius 2 is 0.321 bits per heavy atom. The molecular weight excluding hydrogens is 1010 g/mol. The van der Waals surface area contributed by atoms with Crippen LogP contribution in [0.25, 0.3) is 24.3 Å². The predicted molar refractivity (Wildman–Crippen MR) is 384 cm³/mol. The van der Waals surface area contributed by atoms with Crippen molar-refractivity contribution in [1.82, 2.24) is 0 Å². The number of fused-ring (bicyclic) bond motifs is 6. The van der Waals surface area contributed by atoms with Gasteiger partial charge in [0, 0.05) is 0 Å². The maximum Gasteiger partial charge on any atom is -0.00882 e. The molecule has 0 aliphatic heterocycles. The topological polar surface area (TPSA) is 0 Å². The highest BCUT2D eigenvalue weighted by Gasteiger charge is 2.09. The molecule has 6 aliphatic carbocycles. The van der Waals surface area contributed by atoms with Crippen LogP contribution in [0.1, 0.15) is 246 Å². The van der Waals surface area contributed by atoms with Crippen molar-refractivity contribution in [2.75, 3.05) is 0 Å². The van der Waals surface area contributed by atoms with E-state index >= 15 is 0 Å². The summed E-state index contributed by atoms with van der Waals surface area (Å²) in [6.07, 6.45) is 29.9. The Kier molecular flexibility index (Phi) is 34.8. The van der Waals surface area contributed by atoms with Gasteiger partial charge in [-0.05, 0) is 163 Å². The highest BCUT2D eigenvalue weighted by molar-refractivity contribution is 5.61. The van der Waals surface area contributed by atoms with Crippen molar-refractivity contribution in [2.24, 2.45) is 32.5 Å². The van der Waals surface area contributed by atoms with Crippen LogP contribution in [-0.2, 0) is 51.4 Å². The summed E-state index contributed by atoms with van der Waals surface area (Å²) in [6.45, 7) is 52.5. The van der Waals surface area contributed by atoms with Crippen LogP contribution in [-0.4, -0.2) is 0 Å². The van der Waals surface area contributed by atoms with Crippen molar-refractivity contribution in [1.29, 1.82) is 0 Å². The second kappa shape index (κ2) is 38.4. The summed E-state index contributed by atoms with van der Waals surface area (Å²) >= 11 is 0. The van der Waals surface area contributed by atoms with E-state index in [9.17, 15) is 0 Å². The Labute approximate surface area is 521 Å². The molecule has 0 atom stereocenters. The molecule has 0 bridgehead atoms. The fourth-order valence-corrected chi connectivity index (χ4v) is 7.81. The van der Waals surface area contributed by atoms with E-state index in [4.69, 9.17) is 0 Å². The highest BCUT2D eigenvalue weighted by atomic mass is 14.1. The standard InChI is InChI=1S/2C9H10.4C9H8.6C5H12/c6*1-2-5-9-7-3-6-8(9)4-1;6*1-5(2,3)4/h2*1-2,4-5H,3,6-7H2;4*1-6H,7H2;6*1-4H3. The van der Waals surface area contributed by atoms with Crippen LogP contribution in [0.3, 0.4) is 0 Å². The molecule has 0 saturated carbocycles. The molecule has 6 aromatic rings. The van der Waals surface area contributed by atoms with E-state index in [-0.39, 0.29) is 0 Å². The Balaban J connectivity index is 0.000000464. The number of benzene rings is 6. The summed E-state index contributed by atoms with van der Waals surface area (Å²) < 4.78 is 0. The van der Waals surface area contributed by atoms with Crippen molar-refractivity contribution < 1.29 is 0 Å². The molecule has 0 heteroatoms. The third kappa shape index (κ3) is 46.6. The van der Waals surface area contributed by atoms with E-state index < -0.39 is 0 Å². The van der Waals surface area contributed by atoms with Crippen LogP contribution < -0.4 is 0 Å². The minimum atomic E-state index is 0.500. The lowest BCUT2D eigenvalue weighted by molar-refractivity contribution is 0.469. The summed E-state index contributed by atoms with van der Waals surface area (Å²) in [7, 11) is 0. The highest BCUT2D eigenvalue weighted by Crippen LogP contribution is 2.23. The maximum atomic E-state index is 2.24. The van der Waals surface area contributed by atoms with Gasteiger partial charge in [-0.15, -0.1) is 0 Å². The van der Waals surface area contributed by atoms with Crippen molar-refractivity contribution in [2.45, 2.75) is 230 Å². The van der Waals surface area contributed by atoms with E-state index in [1.165, 1.54) is 83.0 Å². The maximum absolute atomic E-state index is 2.24. The van der Waals surface area contributed by atoms with Gasteiger partial charge in [0.25, 0.3) is 0 Å². The summed E-state index contributed by atoms with van der Waals surface area (Å²) in [4.78, 5) is 0. The van der Waals surface area contributed by atoms with Gasteiger partial charge in [0.15, 0.2) is 0 Å². The first-order chi connectivity index (χ1) is 38.8. The molecule has 0 N–H and O–H groups in total. The first-order valence-electron chi connectivity index (χ1n) is 31.9. The van der Waals surface area contributed by atoms with E-state index in [0.717, 1.165) is 25.7 Å². The van der Waals surface area contributed by atoms with Gasteiger partial charge in [0.05, 0.1) is 0 Å². The van der Waals surface area contributed by atoms with E-state index in [1.54, 1.807) is 22.3 Å². The Morgan fingerprint density at radius 1 is 0.190 bits per heavy atom. The molecule has 0 heterocycles. The summed E-state index contributed by atoms with van der Waals surface area (Å²) in [6, 6.07) is 51.4. The average molecular weight is 1130 g/mol. The van der Waals surface area contributed by atoms with E-state index in [0.29, 0.717) is 32.5 Å². The minimum Gasteiger partial charge on any atom is -0.0795 e. The lowest BCUT2D eigenvalue weighted by Gasteiger charge is -2.05. The average Bonchev–Trinajstić information content (AvgIpc) is 4.36. The van der Waals surface area contributed by atoms with Gasteiger partial charge in [-0.3, -0.25) is 0 Å². The summed E-state index contributed by atoms with van der Waals surface area (Å²) in [5.41, 5.74) is 20.6. The van der Waals surface area contributed by atoms with Crippen molar-refractivity contribution >= 4 is 24.3 Å². The second-order valence-electron chi connectivity index (χ2n) is 32.5. The molecule has 0 unspecified atom stereocenters. The molecule has 460 valence electrons. The lowest BCUT2D eigenvalue weighted by atomic mass is 10.0. The first-order valence-corrected chi connectivity index (χ1v) is 31.9. The Hall–Kier alpha value is -5.72. The molecule has 0 fully saturated rings. The predicted octanol–water partition coefficient (Wildman–Crippen LogP) is 25.7. The molecule has 12 rings (SSSR count). The number of aryl methyl sites for hydroxylation is 4. The van der Waals surface area contributed by atoms with Crippen LogP contribution >= 0.6 is 0 Å². The molecule has 6 aromatic carbocycles. The van der Waals surface area contributed by atoms with Gasteiger partial charge in [0.1, 0.15) is 0 Å². The van der Waals surface area contributed by atoms with Crippen LogP contribution in [0, 0.1) is 32.5 Å². The lowest BCUT2D eigenvalue weighted by Crippen LogP contribution is -1.93. The molecule has 0 radical (unpaired) electrons. The first kappa shape index (κ1) is 76.3. The third-order valence-corrected chi connectivity index (χ3v) is 10.8. The number of hydrogen-bond donors (Lipinski definition) is 0. The van der Waals surface area contributed by atoms with Crippen molar-refractivity contribution in [3.8, 4) is 0 Å². The van der Waals surface area contributed by atoms with Crippen LogP contribution in [0.2, 0.25) is 0 Å². The van der Waals surface area contributed by atoms with Crippen LogP contribution in [0.4, 0.5) is 0 Å². The molecule has 6 aliphatic rings. The second-order valence-corrected chi connectivity index (χ2v) is 32.5. The number of allylic oxidation sites excluding steroid dienone is 4. The molecule has 0 spiro atoms. The molecule has 0 nitrogen and oxygen atoms in total. The van der Waals surface area contributed by atoms with E-state index in [2.05, 4.69) is 360 Å². The van der Waals surface area contributed by atoms with Crippen LogP contribution in [0.5, 0.6) is 0 Å². The molecule has 0 amide bonds. The Bertz CT molecular complexity index is 2350.